The zero-order valence-electron chi connectivity index (χ0n) is 20.6. The Bertz CT molecular complexity index is 1380. The van der Waals surface area contributed by atoms with Crippen molar-refractivity contribution in [2.45, 2.75) is 45.1 Å². The molecule has 0 bridgehead atoms. The number of carbonyl (C=O) groups is 3. The van der Waals surface area contributed by atoms with Gasteiger partial charge in [0.05, 0.1) is 29.4 Å². The molecule has 2 aromatic heterocycles. The third-order valence-corrected chi connectivity index (χ3v) is 7.07. The van der Waals surface area contributed by atoms with E-state index in [9.17, 15) is 14.4 Å². The Morgan fingerprint density at radius 1 is 1.13 bits per heavy atom. The monoisotopic (exact) mass is 622 g/mol. The molecular weight excluding hydrogens is 599 g/mol. The van der Waals surface area contributed by atoms with Crippen molar-refractivity contribution < 1.29 is 19.1 Å². The van der Waals surface area contributed by atoms with Crippen LogP contribution >= 0.6 is 39.1 Å². The highest BCUT2D eigenvalue weighted by Gasteiger charge is 2.30. The van der Waals surface area contributed by atoms with E-state index in [1.165, 1.54) is 35.1 Å². The van der Waals surface area contributed by atoms with Gasteiger partial charge >= 0.3 is 6.09 Å². The van der Waals surface area contributed by atoms with Crippen molar-refractivity contribution in [3.8, 4) is 5.82 Å². The lowest BCUT2D eigenvalue weighted by atomic mass is 9.95. The number of ether oxygens (including phenoxy) is 1. The summed E-state index contributed by atoms with van der Waals surface area (Å²) in [5.41, 5.74) is 3.63. The van der Waals surface area contributed by atoms with E-state index in [1.54, 1.807) is 25.1 Å². The van der Waals surface area contributed by atoms with Crippen LogP contribution in [0.1, 0.15) is 58.5 Å². The number of pyridine rings is 1. The molecule has 0 radical (unpaired) electrons. The minimum atomic E-state index is -0.671. The highest BCUT2D eigenvalue weighted by atomic mass is 79.9. The molecule has 2 N–H and O–H groups in total. The SMILES string of the molecule is COC(=O)N(NC(=O)c1cc(Cl)cc(C)c1NC(=O)c1cc(Br)nn1-c1ncccc1Cl)C1CCCCC1. The van der Waals surface area contributed by atoms with Gasteiger partial charge in [0.15, 0.2) is 5.82 Å². The summed E-state index contributed by atoms with van der Waals surface area (Å²) in [7, 11) is 1.26. The first-order valence-electron chi connectivity index (χ1n) is 11.9. The zero-order valence-corrected chi connectivity index (χ0v) is 23.7. The van der Waals surface area contributed by atoms with Gasteiger partial charge in [0.1, 0.15) is 10.3 Å². The van der Waals surface area contributed by atoms with Crippen LogP contribution < -0.4 is 10.7 Å². The van der Waals surface area contributed by atoms with Crippen molar-refractivity contribution in [2.24, 2.45) is 0 Å². The van der Waals surface area contributed by atoms with E-state index in [4.69, 9.17) is 27.9 Å². The summed E-state index contributed by atoms with van der Waals surface area (Å²) in [5, 5.41) is 8.89. The fraction of sp³-hybridized carbons (Fsp3) is 0.320. The number of halogens is 3. The Hall–Kier alpha value is -3.15. The smallest absolute Gasteiger partial charge is 0.428 e. The molecule has 0 saturated heterocycles. The number of benzene rings is 1. The number of carbonyl (C=O) groups excluding carboxylic acids is 3. The maximum Gasteiger partial charge on any atom is 0.428 e. The van der Waals surface area contributed by atoms with Crippen LogP contribution in [0.4, 0.5) is 10.5 Å². The number of hydrazine groups is 1. The van der Waals surface area contributed by atoms with Crippen molar-refractivity contribution in [1.29, 1.82) is 0 Å². The topological polar surface area (TPSA) is 118 Å². The number of hydrogen-bond acceptors (Lipinski definition) is 6. The molecule has 0 atom stereocenters. The van der Waals surface area contributed by atoms with E-state index >= 15 is 0 Å². The second-order valence-electron chi connectivity index (χ2n) is 8.75. The van der Waals surface area contributed by atoms with Gasteiger partial charge in [-0.1, -0.05) is 42.5 Å². The number of methoxy groups -OCH3 is 1. The van der Waals surface area contributed by atoms with Gasteiger partial charge < -0.3 is 10.1 Å². The fourth-order valence-corrected chi connectivity index (χ4v) is 5.22. The largest absolute Gasteiger partial charge is 0.452 e. The lowest BCUT2D eigenvalue weighted by molar-refractivity contribution is 0.0513. The highest BCUT2D eigenvalue weighted by molar-refractivity contribution is 9.10. The number of hydrogen-bond donors (Lipinski definition) is 2. The van der Waals surface area contributed by atoms with Crippen molar-refractivity contribution in [3.05, 3.63) is 68.0 Å². The normalized spacial score (nSPS) is 13.6. The lowest BCUT2D eigenvalue weighted by Crippen LogP contribution is -2.52. The number of aryl methyl sites for hydroxylation is 1. The van der Waals surface area contributed by atoms with Gasteiger partial charge in [-0.2, -0.15) is 5.10 Å². The van der Waals surface area contributed by atoms with Gasteiger partial charge in [-0.25, -0.2) is 19.5 Å². The van der Waals surface area contributed by atoms with Gasteiger partial charge in [0.25, 0.3) is 11.8 Å². The minimum Gasteiger partial charge on any atom is -0.452 e. The lowest BCUT2D eigenvalue weighted by Gasteiger charge is -2.33. The number of nitrogens with zero attached hydrogens (tertiary/aromatic N) is 4. The van der Waals surface area contributed by atoms with Crippen LogP contribution in [0.3, 0.4) is 0 Å². The van der Waals surface area contributed by atoms with Crippen LogP contribution in [-0.2, 0) is 4.74 Å². The Labute approximate surface area is 237 Å². The third-order valence-electron chi connectivity index (χ3n) is 6.17. The molecule has 4 rings (SSSR count). The van der Waals surface area contributed by atoms with Crippen LogP contribution in [-0.4, -0.2) is 50.8 Å². The number of anilines is 1. The zero-order chi connectivity index (χ0) is 27.4. The van der Waals surface area contributed by atoms with Crippen molar-refractivity contribution in [3.63, 3.8) is 0 Å². The average Bonchev–Trinajstić information content (AvgIpc) is 3.30. The molecule has 1 fully saturated rings. The van der Waals surface area contributed by atoms with E-state index < -0.39 is 17.9 Å². The molecule has 0 spiro atoms. The Morgan fingerprint density at radius 3 is 2.55 bits per heavy atom. The maximum absolute atomic E-state index is 13.5. The molecule has 0 unspecified atom stereocenters. The standard InChI is InChI=1S/C25H25BrCl2N6O4/c1-14-11-15(27)12-17(23(35)32-33(25(37)38-2)16-7-4-3-5-8-16)21(14)30-24(36)19-13-20(26)31-34(19)22-18(28)9-6-10-29-22/h6,9-13,16H,3-5,7-8H2,1-2H3,(H,30,36)(H,32,35). The van der Waals surface area contributed by atoms with Crippen LogP contribution in [0.25, 0.3) is 5.82 Å². The molecule has 10 nitrogen and oxygen atoms in total. The molecule has 200 valence electrons. The minimum absolute atomic E-state index is 0.0778. The Kier molecular flexibility index (Phi) is 8.91. The van der Waals surface area contributed by atoms with Crippen LogP contribution in [0, 0.1) is 6.92 Å². The molecule has 0 aliphatic heterocycles. The first-order chi connectivity index (χ1) is 18.2. The molecule has 38 heavy (non-hydrogen) atoms. The van der Waals surface area contributed by atoms with Gasteiger partial charge in [-0.15, -0.1) is 0 Å². The van der Waals surface area contributed by atoms with Crippen molar-refractivity contribution in [1.82, 2.24) is 25.2 Å². The van der Waals surface area contributed by atoms with Gasteiger partial charge in [-0.05, 0) is 65.5 Å². The van der Waals surface area contributed by atoms with E-state index in [-0.39, 0.29) is 28.8 Å². The van der Waals surface area contributed by atoms with Crippen molar-refractivity contribution in [2.75, 3.05) is 12.4 Å². The van der Waals surface area contributed by atoms with Gasteiger partial charge in [0, 0.05) is 17.3 Å². The number of rotatable bonds is 5. The molecule has 2 heterocycles. The fourth-order valence-electron chi connectivity index (χ4n) is 4.37. The summed E-state index contributed by atoms with van der Waals surface area (Å²) in [6.07, 6.45) is 5.29. The van der Waals surface area contributed by atoms with Crippen LogP contribution in [0.2, 0.25) is 10.0 Å². The van der Waals surface area contributed by atoms with E-state index in [0.29, 0.717) is 20.2 Å². The first kappa shape index (κ1) is 27.9. The molecule has 1 aliphatic rings. The molecule has 1 aromatic carbocycles. The van der Waals surface area contributed by atoms with Gasteiger partial charge in [0.2, 0.25) is 0 Å². The maximum atomic E-state index is 13.5. The first-order valence-corrected chi connectivity index (χ1v) is 13.4. The highest BCUT2D eigenvalue weighted by Crippen LogP contribution is 2.29. The van der Waals surface area contributed by atoms with Crippen molar-refractivity contribution >= 4 is 62.7 Å². The predicted molar refractivity (Wildman–Crippen MR) is 147 cm³/mol. The van der Waals surface area contributed by atoms with E-state index in [2.05, 4.69) is 36.8 Å². The predicted octanol–water partition coefficient (Wildman–Crippen LogP) is 5.94. The van der Waals surface area contributed by atoms with Crippen LogP contribution in [0.5, 0.6) is 0 Å². The quantitative estimate of drug-likeness (QED) is 0.339. The molecule has 1 saturated carbocycles. The third kappa shape index (κ3) is 6.11. The van der Waals surface area contributed by atoms with E-state index in [0.717, 1.165) is 32.1 Å². The molecular formula is C25H25BrCl2N6O4. The average molecular weight is 624 g/mol. The summed E-state index contributed by atoms with van der Waals surface area (Å²) in [5.74, 6) is -0.928. The number of amides is 3. The summed E-state index contributed by atoms with van der Waals surface area (Å²) in [4.78, 5) is 43.7. The Morgan fingerprint density at radius 2 is 1.87 bits per heavy atom. The van der Waals surface area contributed by atoms with E-state index in [1.807, 2.05) is 0 Å². The molecule has 13 heteroatoms. The summed E-state index contributed by atoms with van der Waals surface area (Å²) in [6, 6.07) is 7.65. The molecule has 1 aliphatic carbocycles. The summed E-state index contributed by atoms with van der Waals surface area (Å²) < 4.78 is 6.60. The second-order valence-corrected chi connectivity index (χ2v) is 10.4. The second kappa shape index (κ2) is 12.1. The summed E-state index contributed by atoms with van der Waals surface area (Å²) in [6.45, 7) is 1.71. The van der Waals surface area contributed by atoms with Gasteiger partial charge in [-0.3, -0.25) is 15.0 Å². The Balaban J connectivity index is 1.66. The molecule has 3 amide bonds. The molecule has 3 aromatic rings. The summed E-state index contributed by atoms with van der Waals surface area (Å²) >= 11 is 15.9. The van der Waals surface area contributed by atoms with Crippen LogP contribution in [0.15, 0.2) is 41.1 Å². The number of aromatic nitrogens is 3. The number of nitrogens with one attached hydrogen (secondary N) is 2.